The van der Waals surface area contributed by atoms with Gasteiger partial charge in [-0.15, -0.1) is 0 Å². The summed E-state index contributed by atoms with van der Waals surface area (Å²) in [6.07, 6.45) is 1.45. The van der Waals surface area contributed by atoms with E-state index < -0.39 is 0 Å². The lowest BCUT2D eigenvalue weighted by Crippen LogP contribution is -2.30. The molecule has 1 heterocycles. The molecule has 0 amide bonds. The number of rotatable bonds is 4. The van der Waals surface area contributed by atoms with Crippen molar-refractivity contribution in [3.05, 3.63) is 41.0 Å². The van der Waals surface area contributed by atoms with E-state index in [-0.39, 0.29) is 6.04 Å². The Bertz CT molecular complexity index is 524. The number of nitrogens with zero attached hydrogens (tertiary/aromatic N) is 2. The molecule has 6 nitrogen and oxygen atoms in total. The van der Waals surface area contributed by atoms with Crippen LogP contribution in [0.25, 0.3) is 0 Å². The predicted octanol–water partition coefficient (Wildman–Crippen LogP) is 0.983. The number of hydrazine groups is 1. The molecule has 0 aliphatic heterocycles. The van der Waals surface area contributed by atoms with Crippen molar-refractivity contribution in [2.24, 2.45) is 5.84 Å². The van der Waals surface area contributed by atoms with E-state index in [0.717, 1.165) is 22.4 Å². The van der Waals surface area contributed by atoms with E-state index in [2.05, 4.69) is 26.7 Å². The number of benzene rings is 1. The largest absolute Gasteiger partial charge is 0.496 e. The van der Waals surface area contributed by atoms with Crippen LogP contribution in [0.3, 0.4) is 0 Å². The summed E-state index contributed by atoms with van der Waals surface area (Å²) in [7, 11) is 1.64. The van der Waals surface area contributed by atoms with Gasteiger partial charge in [-0.25, -0.2) is 10.4 Å². The van der Waals surface area contributed by atoms with Crippen molar-refractivity contribution in [1.29, 1.82) is 0 Å². The lowest BCUT2D eigenvalue weighted by atomic mass is 9.97. The van der Waals surface area contributed by atoms with Gasteiger partial charge in [-0.2, -0.15) is 5.10 Å². The maximum absolute atomic E-state index is 5.63. The van der Waals surface area contributed by atoms with Crippen molar-refractivity contribution in [2.45, 2.75) is 19.9 Å². The van der Waals surface area contributed by atoms with E-state index in [0.29, 0.717) is 5.82 Å². The Kier molecular flexibility index (Phi) is 3.59. The maximum atomic E-state index is 5.63. The molecule has 2 aromatic rings. The van der Waals surface area contributed by atoms with Gasteiger partial charge in [0, 0.05) is 5.56 Å². The Balaban J connectivity index is 2.55. The fraction of sp³-hybridized carbons (Fsp3) is 0.333. The molecular formula is C12H17N5O. The average Bonchev–Trinajstić information content (AvgIpc) is 2.85. The zero-order valence-electron chi connectivity index (χ0n) is 10.7. The second-order valence-corrected chi connectivity index (χ2v) is 4.17. The number of H-pyrrole nitrogens is 1. The monoisotopic (exact) mass is 247 g/mol. The lowest BCUT2D eigenvalue weighted by molar-refractivity contribution is 0.402. The molecule has 2 rings (SSSR count). The number of hydrogen-bond donors (Lipinski definition) is 3. The van der Waals surface area contributed by atoms with Gasteiger partial charge in [0.15, 0.2) is 0 Å². The summed E-state index contributed by atoms with van der Waals surface area (Å²) >= 11 is 0. The molecule has 1 aromatic carbocycles. The van der Waals surface area contributed by atoms with Crippen LogP contribution in [0.15, 0.2) is 18.5 Å². The normalized spacial score (nSPS) is 12.4. The van der Waals surface area contributed by atoms with E-state index >= 15 is 0 Å². The fourth-order valence-corrected chi connectivity index (χ4v) is 2.13. The van der Waals surface area contributed by atoms with Crippen molar-refractivity contribution >= 4 is 0 Å². The lowest BCUT2D eigenvalue weighted by Gasteiger charge is -2.20. The quantitative estimate of drug-likeness (QED) is 0.553. The number of hydrogen-bond acceptors (Lipinski definition) is 5. The first-order chi connectivity index (χ1) is 8.67. The van der Waals surface area contributed by atoms with Gasteiger partial charge in [0.2, 0.25) is 0 Å². The smallest absolute Gasteiger partial charge is 0.147 e. The Hall–Kier alpha value is -1.92. The van der Waals surface area contributed by atoms with Crippen LogP contribution < -0.4 is 16.0 Å². The molecule has 18 heavy (non-hydrogen) atoms. The Morgan fingerprint density at radius 3 is 2.72 bits per heavy atom. The first kappa shape index (κ1) is 12.5. The molecular weight excluding hydrogens is 230 g/mol. The van der Waals surface area contributed by atoms with Gasteiger partial charge in [0.25, 0.3) is 0 Å². The van der Waals surface area contributed by atoms with E-state index in [4.69, 9.17) is 10.6 Å². The molecule has 0 aliphatic rings. The zero-order chi connectivity index (χ0) is 13.1. The topological polar surface area (TPSA) is 88.8 Å². The van der Waals surface area contributed by atoms with Crippen LogP contribution >= 0.6 is 0 Å². The van der Waals surface area contributed by atoms with Crippen molar-refractivity contribution in [1.82, 2.24) is 20.6 Å². The van der Waals surface area contributed by atoms with Crippen LogP contribution in [0.5, 0.6) is 5.75 Å². The van der Waals surface area contributed by atoms with Crippen molar-refractivity contribution in [3.8, 4) is 5.75 Å². The number of nitrogens with one attached hydrogen (secondary N) is 2. The van der Waals surface area contributed by atoms with E-state index in [1.54, 1.807) is 7.11 Å². The summed E-state index contributed by atoms with van der Waals surface area (Å²) < 4.78 is 5.43. The van der Waals surface area contributed by atoms with Gasteiger partial charge in [0.1, 0.15) is 23.9 Å². The van der Waals surface area contributed by atoms with Gasteiger partial charge in [-0.05, 0) is 31.0 Å². The second-order valence-electron chi connectivity index (χ2n) is 4.17. The molecule has 6 heteroatoms. The molecule has 0 saturated heterocycles. The number of methoxy groups -OCH3 is 1. The molecule has 0 saturated carbocycles. The molecule has 0 bridgehead atoms. The minimum absolute atomic E-state index is 0.275. The summed E-state index contributed by atoms with van der Waals surface area (Å²) in [5.41, 5.74) is 5.93. The van der Waals surface area contributed by atoms with Crippen LogP contribution in [-0.2, 0) is 0 Å². The molecule has 4 N–H and O–H groups in total. The fourth-order valence-electron chi connectivity index (χ4n) is 2.13. The third-order valence-corrected chi connectivity index (χ3v) is 2.88. The number of ether oxygens (including phenoxy) is 1. The Morgan fingerprint density at radius 1 is 1.39 bits per heavy atom. The summed E-state index contributed by atoms with van der Waals surface area (Å²) in [4.78, 5) is 4.14. The van der Waals surface area contributed by atoms with Gasteiger partial charge < -0.3 is 4.74 Å². The molecule has 1 aromatic heterocycles. The highest BCUT2D eigenvalue weighted by molar-refractivity contribution is 5.46. The number of aromatic amines is 1. The third-order valence-electron chi connectivity index (χ3n) is 2.88. The Morgan fingerprint density at radius 2 is 2.17 bits per heavy atom. The number of aromatic nitrogens is 3. The highest BCUT2D eigenvalue weighted by Gasteiger charge is 2.21. The average molecular weight is 247 g/mol. The van der Waals surface area contributed by atoms with Crippen LogP contribution in [-0.4, -0.2) is 22.3 Å². The third kappa shape index (κ3) is 2.20. The summed E-state index contributed by atoms with van der Waals surface area (Å²) in [6, 6.07) is 3.78. The van der Waals surface area contributed by atoms with Crippen LogP contribution in [0.4, 0.5) is 0 Å². The first-order valence-electron chi connectivity index (χ1n) is 5.64. The molecule has 0 spiro atoms. The van der Waals surface area contributed by atoms with Gasteiger partial charge in [-0.3, -0.25) is 10.9 Å². The zero-order valence-corrected chi connectivity index (χ0v) is 10.7. The van der Waals surface area contributed by atoms with E-state index in [9.17, 15) is 0 Å². The van der Waals surface area contributed by atoms with Crippen LogP contribution in [0.1, 0.15) is 28.6 Å². The molecule has 0 aliphatic carbocycles. The van der Waals surface area contributed by atoms with Gasteiger partial charge >= 0.3 is 0 Å². The number of aryl methyl sites for hydroxylation is 2. The molecule has 1 unspecified atom stereocenters. The molecule has 96 valence electrons. The highest BCUT2D eigenvalue weighted by atomic mass is 16.5. The van der Waals surface area contributed by atoms with Crippen molar-refractivity contribution in [3.63, 3.8) is 0 Å². The number of nitrogens with two attached hydrogens (primary N) is 1. The van der Waals surface area contributed by atoms with Crippen LogP contribution in [0.2, 0.25) is 0 Å². The van der Waals surface area contributed by atoms with Crippen molar-refractivity contribution < 1.29 is 4.74 Å². The summed E-state index contributed by atoms with van der Waals surface area (Å²) in [5.74, 6) is 7.07. The highest BCUT2D eigenvalue weighted by Crippen LogP contribution is 2.31. The molecule has 1 atom stereocenters. The Labute approximate surface area is 106 Å². The molecule has 0 fully saturated rings. The van der Waals surface area contributed by atoms with Gasteiger partial charge in [-0.1, -0.05) is 6.07 Å². The molecule has 0 radical (unpaired) electrons. The standard InChI is InChI=1S/C12H17N5O/c1-7-4-8(2)10(9(5-7)18-3)11(16-13)12-14-6-15-17-12/h4-6,11,16H,13H2,1-3H3,(H,14,15,17). The minimum atomic E-state index is -0.275. The first-order valence-corrected chi connectivity index (χ1v) is 5.64. The summed E-state index contributed by atoms with van der Waals surface area (Å²) in [5, 5.41) is 6.67. The summed E-state index contributed by atoms with van der Waals surface area (Å²) in [6.45, 7) is 4.05. The maximum Gasteiger partial charge on any atom is 0.147 e. The minimum Gasteiger partial charge on any atom is -0.496 e. The SMILES string of the molecule is COc1cc(C)cc(C)c1C(NN)c1ncn[nH]1. The van der Waals surface area contributed by atoms with Crippen LogP contribution in [0, 0.1) is 13.8 Å². The van der Waals surface area contributed by atoms with E-state index in [1.165, 1.54) is 6.33 Å². The second kappa shape index (κ2) is 5.16. The predicted molar refractivity (Wildman–Crippen MR) is 68.0 cm³/mol. The van der Waals surface area contributed by atoms with Gasteiger partial charge in [0.05, 0.1) is 7.11 Å². The van der Waals surface area contributed by atoms with Crippen molar-refractivity contribution in [2.75, 3.05) is 7.11 Å². The van der Waals surface area contributed by atoms with E-state index in [1.807, 2.05) is 19.9 Å².